The molecule has 0 unspecified atom stereocenters. The molecule has 1 aromatic carbocycles. The van der Waals surface area contributed by atoms with Gasteiger partial charge < -0.3 is 30.1 Å². The van der Waals surface area contributed by atoms with Gasteiger partial charge in [0.2, 0.25) is 11.8 Å². The van der Waals surface area contributed by atoms with E-state index < -0.39 is 18.0 Å². The second-order valence-electron chi connectivity index (χ2n) is 8.75. The van der Waals surface area contributed by atoms with Crippen molar-refractivity contribution in [2.45, 2.75) is 50.6 Å². The van der Waals surface area contributed by atoms with E-state index in [1.807, 2.05) is 35.2 Å². The Morgan fingerprint density at radius 1 is 1.18 bits per heavy atom. The summed E-state index contributed by atoms with van der Waals surface area (Å²) in [5.74, 6) is -1.78. The monoisotopic (exact) mass is 542 g/mol. The van der Waals surface area contributed by atoms with Gasteiger partial charge in [-0.05, 0) is 37.6 Å². The molecule has 0 bridgehead atoms. The predicted molar refractivity (Wildman–Crippen MR) is 130 cm³/mol. The molecule has 1 atom stereocenters. The van der Waals surface area contributed by atoms with Gasteiger partial charge in [0.05, 0.1) is 13.2 Å². The number of aromatic nitrogens is 1. The number of ether oxygens (including phenoxy) is 2. The topological polar surface area (TPSA) is 113 Å². The minimum absolute atomic E-state index is 0.0791. The summed E-state index contributed by atoms with van der Waals surface area (Å²) < 4.78 is 58.1. The van der Waals surface area contributed by atoms with Crippen molar-refractivity contribution in [2.24, 2.45) is 0 Å². The summed E-state index contributed by atoms with van der Waals surface area (Å²) >= 11 is 0. The molecule has 2 saturated heterocycles. The van der Waals surface area contributed by atoms with Crippen molar-refractivity contribution in [3.63, 3.8) is 0 Å². The zero-order valence-electron chi connectivity index (χ0n) is 20.8. The number of halogens is 4. The zero-order valence-corrected chi connectivity index (χ0v) is 20.8. The number of hydrogen-bond donors (Lipinski definition) is 3. The highest BCUT2D eigenvalue weighted by Crippen LogP contribution is 2.28. The Morgan fingerprint density at radius 3 is 2.39 bits per heavy atom. The molecule has 1 aromatic heterocycles. The van der Waals surface area contributed by atoms with Crippen LogP contribution in [0.4, 0.5) is 23.4 Å². The Hall–Kier alpha value is -3.61. The van der Waals surface area contributed by atoms with Gasteiger partial charge in [0.1, 0.15) is 11.9 Å². The Labute approximate surface area is 217 Å². The maximum Gasteiger partial charge on any atom is 0.490 e. The van der Waals surface area contributed by atoms with Crippen molar-refractivity contribution >= 4 is 17.7 Å². The largest absolute Gasteiger partial charge is 0.490 e. The number of anilines is 1. The molecule has 0 spiro atoms. The number of rotatable bonds is 7. The maximum absolute atomic E-state index is 14.9. The van der Waals surface area contributed by atoms with Crippen LogP contribution in [0.3, 0.4) is 0 Å². The van der Waals surface area contributed by atoms with Crippen LogP contribution >= 0.6 is 0 Å². The van der Waals surface area contributed by atoms with Gasteiger partial charge in [0.15, 0.2) is 11.6 Å². The summed E-state index contributed by atoms with van der Waals surface area (Å²) in [6, 6.07) is 11.0. The average molecular weight is 543 g/mol. The molecule has 9 nitrogen and oxygen atoms in total. The molecule has 3 N–H and O–H groups in total. The Kier molecular flexibility index (Phi) is 10.1. The number of pyridine rings is 1. The van der Waals surface area contributed by atoms with Crippen LogP contribution in [-0.2, 0) is 16.1 Å². The number of carboxylic acids is 1. The first-order chi connectivity index (χ1) is 18.1. The second kappa shape index (κ2) is 13.3. The molecule has 2 fully saturated rings. The van der Waals surface area contributed by atoms with Crippen LogP contribution in [0.25, 0.3) is 0 Å². The number of nitrogens with one attached hydrogen (secondary N) is 2. The first-order valence-corrected chi connectivity index (χ1v) is 12.1. The summed E-state index contributed by atoms with van der Waals surface area (Å²) in [7, 11) is 1.51. The number of benzene rings is 1. The van der Waals surface area contributed by atoms with Crippen molar-refractivity contribution in [3.05, 3.63) is 47.8 Å². The molecule has 208 valence electrons. The third-order valence-corrected chi connectivity index (χ3v) is 6.05. The van der Waals surface area contributed by atoms with Crippen LogP contribution < -0.4 is 25.0 Å². The second-order valence-corrected chi connectivity index (χ2v) is 8.75. The van der Waals surface area contributed by atoms with E-state index in [-0.39, 0.29) is 30.4 Å². The number of carbonyl (C=O) groups is 2. The van der Waals surface area contributed by atoms with E-state index in [1.165, 1.54) is 13.2 Å². The van der Waals surface area contributed by atoms with Crippen LogP contribution in [0.15, 0.2) is 36.4 Å². The van der Waals surface area contributed by atoms with Gasteiger partial charge in [-0.3, -0.25) is 4.79 Å². The van der Waals surface area contributed by atoms with Crippen LogP contribution in [-0.4, -0.2) is 67.0 Å². The molecule has 0 aliphatic carbocycles. The van der Waals surface area contributed by atoms with E-state index >= 15 is 0 Å². The average Bonchev–Trinajstić information content (AvgIpc) is 3.44. The predicted octanol–water partition coefficient (Wildman–Crippen LogP) is 3.28. The fraction of sp³-hybridized carbons (Fsp3) is 0.480. The van der Waals surface area contributed by atoms with Gasteiger partial charge in [-0.15, -0.1) is 0 Å². The Bertz CT molecular complexity index is 1070. The zero-order chi connectivity index (χ0) is 27.7. The number of nitrogens with zero attached hydrogens (tertiary/aromatic N) is 2. The summed E-state index contributed by atoms with van der Waals surface area (Å²) in [5, 5.41) is 13.1. The lowest BCUT2D eigenvalue weighted by Gasteiger charge is -2.33. The highest BCUT2D eigenvalue weighted by Gasteiger charge is 2.38. The van der Waals surface area contributed by atoms with Crippen molar-refractivity contribution in [2.75, 3.05) is 31.6 Å². The fourth-order valence-corrected chi connectivity index (χ4v) is 4.12. The normalized spacial score (nSPS) is 17.8. The summed E-state index contributed by atoms with van der Waals surface area (Å²) in [5.41, 5.74) is 0.525. The van der Waals surface area contributed by atoms with Crippen molar-refractivity contribution in [1.29, 1.82) is 0 Å². The van der Waals surface area contributed by atoms with Crippen LogP contribution in [0.1, 0.15) is 31.2 Å². The number of carboxylic acid groups (broad SMARTS) is 1. The molecule has 2 aliphatic heterocycles. The Balaban J connectivity index is 0.000000505. The minimum atomic E-state index is -5.08. The number of alkyl halides is 3. The van der Waals surface area contributed by atoms with Gasteiger partial charge >= 0.3 is 12.1 Å². The summed E-state index contributed by atoms with van der Waals surface area (Å²) in [4.78, 5) is 27.5. The SMILES string of the molecule is COc1nc(N2CCC(Oc3ccccc3)CC2)c(F)cc1CNC(=O)[C@@H]1CCCN1.O=C(O)C(F)(F)F. The van der Waals surface area contributed by atoms with E-state index in [2.05, 4.69) is 15.6 Å². The molecule has 0 saturated carbocycles. The van der Waals surface area contributed by atoms with Crippen LogP contribution in [0.2, 0.25) is 0 Å². The lowest BCUT2D eigenvalue weighted by atomic mass is 10.1. The third kappa shape index (κ3) is 8.20. The molecule has 2 aliphatic rings. The molecule has 2 aromatic rings. The van der Waals surface area contributed by atoms with Gasteiger partial charge in [-0.2, -0.15) is 18.2 Å². The molecule has 38 heavy (non-hydrogen) atoms. The van der Waals surface area contributed by atoms with Gasteiger partial charge in [0, 0.05) is 38.0 Å². The summed E-state index contributed by atoms with van der Waals surface area (Å²) in [6.45, 7) is 2.32. The first-order valence-electron chi connectivity index (χ1n) is 12.1. The third-order valence-electron chi connectivity index (χ3n) is 6.05. The first kappa shape index (κ1) is 29.0. The number of para-hydroxylation sites is 1. The molecule has 1 amide bonds. The molecule has 3 heterocycles. The van der Waals surface area contributed by atoms with Crippen molar-refractivity contribution < 1.29 is 41.7 Å². The van der Waals surface area contributed by atoms with Crippen molar-refractivity contribution in [3.8, 4) is 11.6 Å². The minimum Gasteiger partial charge on any atom is -0.490 e. The number of piperidine rings is 1. The smallest absolute Gasteiger partial charge is 0.490 e. The van der Waals surface area contributed by atoms with Gasteiger partial charge in [0.25, 0.3) is 0 Å². The molecule has 4 rings (SSSR count). The van der Waals surface area contributed by atoms with E-state index in [9.17, 15) is 22.4 Å². The van der Waals surface area contributed by atoms with Crippen LogP contribution in [0, 0.1) is 5.82 Å². The highest BCUT2D eigenvalue weighted by molar-refractivity contribution is 5.82. The van der Waals surface area contributed by atoms with E-state index in [1.54, 1.807) is 0 Å². The number of carbonyl (C=O) groups excluding carboxylic acids is 1. The maximum atomic E-state index is 14.9. The standard InChI is InChI=1S/C23H29FN4O3.C2HF3O2/c1-30-23-16(15-26-22(29)20-8-5-11-25-20)14-19(24)21(27-23)28-12-9-18(10-13-28)31-17-6-3-2-4-7-17;3-2(4,5)1(6)7/h2-4,6-7,14,18,20,25H,5,8-13,15H2,1H3,(H,26,29);(H,6,7)/t20-;/m0./s1. The van der Waals surface area contributed by atoms with Gasteiger partial charge in [-0.1, -0.05) is 18.2 Å². The number of aliphatic carboxylic acids is 1. The lowest BCUT2D eigenvalue weighted by molar-refractivity contribution is -0.192. The van der Waals surface area contributed by atoms with Crippen LogP contribution in [0.5, 0.6) is 11.6 Å². The lowest BCUT2D eigenvalue weighted by Crippen LogP contribution is -2.40. The Morgan fingerprint density at radius 2 is 1.84 bits per heavy atom. The molecule has 13 heteroatoms. The van der Waals surface area contributed by atoms with E-state index in [0.717, 1.165) is 38.0 Å². The number of hydrogen-bond acceptors (Lipinski definition) is 7. The quantitative estimate of drug-likeness (QED) is 0.457. The summed E-state index contributed by atoms with van der Waals surface area (Å²) in [6.07, 6.45) is -1.62. The van der Waals surface area contributed by atoms with Gasteiger partial charge in [-0.25, -0.2) is 9.18 Å². The molecular weight excluding hydrogens is 512 g/mol. The molecular formula is C25H30F4N4O5. The number of methoxy groups -OCH3 is 1. The fourth-order valence-electron chi connectivity index (χ4n) is 4.12. The molecule has 0 radical (unpaired) electrons. The van der Waals surface area contributed by atoms with Crippen molar-refractivity contribution in [1.82, 2.24) is 15.6 Å². The van der Waals surface area contributed by atoms with E-state index in [4.69, 9.17) is 19.4 Å². The highest BCUT2D eigenvalue weighted by atomic mass is 19.4. The van der Waals surface area contributed by atoms with E-state index in [0.29, 0.717) is 24.5 Å². The number of amides is 1.